The molecular weight excluding hydrogens is 484 g/mol. The summed E-state index contributed by atoms with van der Waals surface area (Å²) >= 11 is 1.59. The first-order chi connectivity index (χ1) is 16.9. The first-order valence-electron chi connectivity index (χ1n) is 11.6. The van der Waals surface area contributed by atoms with Crippen molar-refractivity contribution >= 4 is 27.3 Å². The minimum absolute atomic E-state index is 0.168. The average Bonchev–Trinajstić information content (AvgIpc) is 3.62. The minimum atomic E-state index is -3.61. The van der Waals surface area contributed by atoms with Gasteiger partial charge in [-0.15, -0.1) is 11.3 Å². The quantitative estimate of drug-likeness (QED) is 0.491. The van der Waals surface area contributed by atoms with Crippen LogP contribution in [0.25, 0.3) is 0 Å². The molecule has 1 fully saturated rings. The monoisotopic (exact) mass is 512 g/mol. The highest BCUT2D eigenvalue weighted by molar-refractivity contribution is 7.89. The van der Waals surface area contributed by atoms with Crippen molar-refractivity contribution in [3.05, 3.63) is 75.5 Å². The van der Waals surface area contributed by atoms with E-state index in [1.54, 1.807) is 43.8 Å². The van der Waals surface area contributed by atoms with E-state index in [-0.39, 0.29) is 16.8 Å². The van der Waals surface area contributed by atoms with Crippen LogP contribution in [-0.2, 0) is 16.4 Å². The Morgan fingerprint density at radius 1 is 0.971 bits per heavy atom. The lowest BCUT2D eigenvalue weighted by Gasteiger charge is -2.37. The Bertz CT molecular complexity index is 1330. The Kier molecular flexibility index (Phi) is 6.57. The summed E-state index contributed by atoms with van der Waals surface area (Å²) in [4.78, 5) is 16.9. The highest BCUT2D eigenvalue weighted by Gasteiger charge is 2.35. The van der Waals surface area contributed by atoms with Crippen molar-refractivity contribution in [2.45, 2.75) is 30.2 Å². The second-order valence-corrected chi connectivity index (χ2v) is 11.6. The molecule has 0 aliphatic carbocycles. The summed E-state index contributed by atoms with van der Waals surface area (Å²) in [6.45, 7) is 1.55. The molecule has 1 amide bonds. The van der Waals surface area contributed by atoms with E-state index >= 15 is 0 Å². The fourth-order valence-electron chi connectivity index (χ4n) is 4.95. The van der Waals surface area contributed by atoms with Gasteiger partial charge < -0.3 is 14.4 Å². The number of hydrogen-bond acceptors (Lipinski definition) is 6. The molecule has 0 spiro atoms. The Morgan fingerprint density at radius 2 is 1.71 bits per heavy atom. The predicted octanol–water partition coefficient (Wildman–Crippen LogP) is 4.34. The summed E-state index contributed by atoms with van der Waals surface area (Å²) in [6.07, 6.45) is 2.39. The van der Waals surface area contributed by atoms with Crippen molar-refractivity contribution in [3.8, 4) is 11.5 Å². The fraction of sp³-hybridized carbons (Fsp3) is 0.346. The van der Waals surface area contributed by atoms with E-state index in [9.17, 15) is 13.2 Å². The van der Waals surface area contributed by atoms with E-state index in [1.165, 1.54) is 10.4 Å². The number of methoxy groups -OCH3 is 2. The van der Waals surface area contributed by atoms with E-state index in [0.717, 1.165) is 28.8 Å². The van der Waals surface area contributed by atoms with Gasteiger partial charge in [0.15, 0.2) is 11.5 Å². The van der Waals surface area contributed by atoms with Crippen molar-refractivity contribution in [3.63, 3.8) is 0 Å². The molecule has 0 bridgehead atoms. The van der Waals surface area contributed by atoms with Crippen molar-refractivity contribution in [1.29, 1.82) is 0 Å². The number of sulfonamides is 1. The summed E-state index contributed by atoms with van der Waals surface area (Å²) in [5.74, 6) is 1.08. The number of fused-ring (bicyclic) bond motifs is 1. The first kappa shape index (κ1) is 23.8. The lowest BCUT2D eigenvalue weighted by Crippen LogP contribution is -2.40. The molecule has 0 radical (unpaired) electrons. The highest BCUT2D eigenvalue weighted by atomic mass is 32.2. The normalized spacial score (nSPS) is 18.3. The smallest absolute Gasteiger partial charge is 0.254 e. The Morgan fingerprint density at radius 3 is 2.40 bits per heavy atom. The third kappa shape index (κ3) is 4.32. The second-order valence-electron chi connectivity index (χ2n) is 8.71. The molecule has 35 heavy (non-hydrogen) atoms. The van der Waals surface area contributed by atoms with Gasteiger partial charge in [-0.05, 0) is 72.2 Å². The number of thiophene rings is 1. The molecule has 3 aromatic rings. The van der Waals surface area contributed by atoms with Crippen LogP contribution in [0.3, 0.4) is 0 Å². The summed E-state index contributed by atoms with van der Waals surface area (Å²) in [5.41, 5.74) is 2.47. The topological polar surface area (TPSA) is 76.1 Å². The van der Waals surface area contributed by atoms with Crippen molar-refractivity contribution in [2.75, 3.05) is 33.9 Å². The SMILES string of the molecule is COc1cc2c(cc1OC)[C@@H](c1cccs1)N(C(=O)c1cccc(S(=O)(=O)N3CCCC3)c1)CC2. The third-order valence-electron chi connectivity index (χ3n) is 6.73. The molecule has 1 aromatic heterocycles. The average molecular weight is 513 g/mol. The van der Waals surface area contributed by atoms with Gasteiger partial charge >= 0.3 is 0 Å². The Balaban J connectivity index is 1.54. The largest absolute Gasteiger partial charge is 0.493 e. The minimum Gasteiger partial charge on any atom is -0.493 e. The summed E-state index contributed by atoms with van der Waals surface area (Å²) in [6, 6.07) is 14.1. The number of carbonyl (C=O) groups is 1. The number of nitrogens with zero attached hydrogens (tertiary/aromatic N) is 2. The number of carbonyl (C=O) groups excluding carboxylic acids is 1. The van der Waals surface area contributed by atoms with Gasteiger partial charge in [-0.2, -0.15) is 4.31 Å². The molecule has 5 rings (SSSR count). The van der Waals surface area contributed by atoms with Crippen LogP contribution >= 0.6 is 11.3 Å². The van der Waals surface area contributed by atoms with Crippen LogP contribution in [0.15, 0.2) is 58.8 Å². The molecular formula is C26H28N2O5S2. The second kappa shape index (κ2) is 9.64. The standard InChI is InChI=1S/C26H28N2O5S2/c1-32-22-16-18-10-13-28(25(24-9-6-14-34-24)21(18)17-23(22)33-2)26(29)19-7-5-8-20(15-19)35(30,31)27-11-3-4-12-27/h5-9,14-17,25H,3-4,10-13H2,1-2H3/t25-/m0/s1. The molecule has 2 aliphatic heterocycles. The number of amides is 1. The Labute approximate surface area is 209 Å². The number of rotatable bonds is 6. The molecule has 2 aromatic carbocycles. The maximum atomic E-state index is 13.9. The van der Waals surface area contributed by atoms with Gasteiger partial charge in [-0.3, -0.25) is 4.79 Å². The van der Waals surface area contributed by atoms with Crippen LogP contribution in [0, 0.1) is 0 Å². The molecule has 0 saturated carbocycles. The van der Waals surface area contributed by atoms with Gasteiger partial charge in [0.1, 0.15) is 0 Å². The van der Waals surface area contributed by atoms with Gasteiger partial charge in [0.25, 0.3) is 5.91 Å². The molecule has 0 N–H and O–H groups in total. The van der Waals surface area contributed by atoms with Gasteiger partial charge in [0.2, 0.25) is 10.0 Å². The van der Waals surface area contributed by atoms with Gasteiger partial charge in [0.05, 0.1) is 25.2 Å². The number of benzene rings is 2. The van der Waals surface area contributed by atoms with Gasteiger partial charge in [0, 0.05) is 30.1 Å². The van der Waals surface area contributed by atoms with E-state index in [2.05, 4.69) is 0 Å². The van der Waals surface area contributed by atoms with Crippen LogP contribution in [0.4, 0.5) is 0 Å². The lowest BCUT2D eigenvalue weighted by atomic mass is 9.90. The molecule has 3 heterocycles. The summed E-state index contributed by atoms with van der Waals surface area (Å²) in [7, 11) is -0.400. The predicted molar refractivity (Wildman–Crippen MR) is 135 cm³/mol. The summed E-state index contributed by atoms with van der Waals surface area (Å²) in [5, 5.41) is 2.00. The van der Waals surface area contributed by atoms with Crippen molar-refractivity contribution in [1.82, 2.24) is 9.21 Å². The zero-order valence-electron chi connectivity index (χ0n) is 19.8. The maximum absolute atomic E-state index is 13.9. The van der Waals surface area contributed by atoms with E-state index in [1.807, 2.05) is 34.5 Å². The zero-order chi connectivity index (χ0) is 24.6. The third-order valence-corrected chi connectivity index (χ3v) is 9.55. The number of hydrogen-bond donors (Lipinski definition) is 0. The summed E-state index contributed by atoms with van der Waals surface area (Å²) < 4.78 is 38.8. The lowest BCUT2D eigenvalue weighted by molar-refractivity contribution is 0.0696. The molecule has 2 aliphatic rings. The Hall–Kier alpha value is -2.88. The van der Waals surface area contributed by atoms with Crippen LogP contribution in [0.5, 0.6) is 11.5 Å². The molecule has 9 heteroatoms. The highest BCUT2D eigenvalue weighted by Crippen LogP contribution is 2.42. The molecule has 0 unspecified atom stereocenters. The van der Waals surface area contributed by atoms with Crippen LogP contribution in [0.1, 0.15) is 45.2 Å². The molecule has 7 nitrogen and oxygen atoms in total. The first-order valence-corrected chi connectivity index (χ1v) is 14.0. The van der Waals surface area contributed by atoms with Crippen LogP contribution < -0.4 is 9.47 Å². The van der Waals surface area contributed by atoms with E-state index in [4.69, 9.17) is 9.47 Å². The van der Waals surface area contributed by atoms with Crippen molar-refractivity contribution in [2.24, 2.45) is 0 Å². The van der Waals surface area contributed by atoms with Crippen LogP contribution in [0.2, 0.25) is 0 Å². The van der Waals surface area contributed by atoms with E-state index < -0.39 is 10.0 Å². The molecule has 1 atom stereocenters. The van der Waals surface area contributed by atoms with Gasteiger partial charge in [-0.1, -0.05) is 12.1 Å². The van der Waals surface area contributed by atoms with Crippen LogP contribution in [-0.4, -0.2) is 57.4 Å². The maximum Gasteiger partial charge on any atom is 0.254 e. The van der Waals surface area contributed by atoms with Gasteiger partial charge in [-0.25, -0.2) is 8.42 Å². The molecule has 184 valence electrons. The number of ether oxygens (including phenoxy) is 2. The molecule has 1 saturated heterocycles. The zero-order valence-corrected chi connectivity index (χ0v) is 21.4. The fourth-order valence-corrected chi connectivity index (χ4v) is 7.37. The van der Waals surface area contributed by atoms with Crippen molar-refractivity contribution < 1.29 is 22.7 Å². The van der Waals surface area contributed by atoms with E-state index in [0.29, 0.717) is 43.1 Å².